The van der Waals surface area contributed by atoms with Gasteiger partial charge in [-0.2, -0.15) is 0 Å². The van der Waals surface area contributed by atoms with Gasteiger partial charge in [0.1, 0.15) is 0 Å². The van der Waals surface area contributed by atoms with Gasteiger partial charge in [-0.1, -0.05) is 0 Å². The number of ether oxygens (including phenoxy) is 1. The highest BCUT2D eigenvalue weighted by Gasteiger charge is 2.38. The summed E-state index contributed by atoms with van der Waals surface area (Å²) in [5.74, 6) is 5.41. The molecule has 1 aromatic carbocycles. The second-order valence-corrected chi connectivity index (χ2v) is 6.62. The van der Waals surface area contributed by atoms with Crippen LogP contribution in [0, 0.1) is 10.1 Å². The number of nitrogen functional groups attached to an aromatic ring is 1. The van der Waals surface area contributed by atoms with Crippen molar-refractivity contribution in [1.82, 2.24) is 0 Å². The molecule has 2 rings (SSSR count). The minimum absolute atomic E-state index is 0.0163. The number of hydrogen-bond donors (Lipinski definition) is 2. The zero-order valence-electron chi connectivity index (χ0n) is 12.8. The van der Waals surface area contributed by atoms with Gasteiger partial charge in [0.05, 0.1) is 21.8 Å². The van der Waals surface area contributed by atoms with E-state index in [2.05, 4.69) is 10.3 Å². The smallest absolute Gasteiger partial charge is 0.273 e. The van der Waals surface area contributed by atoms with E-state index in [4.69, 9.17) is 10.6 Å². The van der Waals surface area contributed by atoms with Crippen molar-refractivity contribution in [1.29, 1.82) is 0 Å². The zero-order valence-corrected chi connectivity index (χ0v) is 12.8. The number of nitro groups is 1. The molecule has 0 atom stereocenters. The summed E-state index contributed by atoms with van der Waals surface area (Å²) in [6.07, 6.45) is 0. The lowest BCUT2D eigenvalue weighted by molar-refractivity contribution is -0.384. The monoisotopic (exact) mass is 294 g/mol. The Balaban J connectivity index is 2.40. The molecule has 0 spiro atoms. The van der Waals surface area contributed by atoms with Crippen molar-refractivity contribution < 1.29 is 9.66 Å². The Bertz CT molecular complexity index is 541. The summed E-state index contributed by atoms with van der Waals surface area (Å²) in [6.45, 7) is 9.37. The fourth-order valence-electron chi connectivity index (χ4n) is 2.94. The molecule has 0 unspecified atom stereocenters. The Kier molecular flexibility index (Phi) is 3.81. The van der Waals surface area contributed by atoms with Gasteiger partial charge in [0.25, 0.3) is 5.69 Å². The van der Waals surface area contributed by atoms with Gasteiger partial charge >= 0.3 is 0 Å². The number of morpholine rings is 1. The molecule has 1 fully saturated rings. The maximum atomic E-state index is 11.1. The van der Waals surface area contributed by atoms with Gasteiger partial charge in [-0.25, -0.2) is 0 Å². The quantitative estimate of drug-likeness (QED) is 0.504. The van der Waals surface area contributed by atoms with E-state index in [0.29, 0.717) is 18.8 Å². The third kappa shape index (κ3) is 3.62. The van der Waals surface area contributed by atoms with Gasteiger partial charge in [0.2, 0.25) is 0 Å². The van der Waals surface area contributed by atoms with E-state index in [9.17, 15) is 10.1 Å². The normalized spacial score (nSPS) is 20.1. The van der Waals surface area contributed by atoms with E-state index in [1.807, 2.05) is 33.8 Å². The second kappa shape index (κ2) is 5.16. The number of rotatable bonds is 3. The zero-order chi connectivity index (χ0) is 15.8. The van der Waals surface area contributed by atoms with Crippen LogP contribution >= 0.6 is 0 Å². The van der Waals surface area contributed by atoms with Crippen molar-refractivity contribution >= 4 is 17.1 Å². The fourth-order valence-corrected chi connectivity index (χ4v) is 2.94. The van der Waals surface area contributed by atoms with Crippen molar-refractivity contribution in [3.8, 4) is 0 Å². The Labute approximate surface area is 124 Å². The Morgan fingerprint density at radius 2 is 1.81 bits per heavy atom. The SMILES string of the molecule is CC1(C)CN(c2cc(NN)cc([N+](=O)[O-])c2)CC(C)(C)O1. The fraction of sp³-hybridized carbons (Fsp3) is 0.571. The number of nitrogens with one attached hydrogen (secondary N) is 1. The molecule has 1 aromatic rings. The molecule has 116 valence electrons. The van der Waals surface area contributed by atoms with E-state index in [1.165, 1.54) is 6.07 Å². The van der Waals surface area contributed by atoms with Crippen LogP contribution in [0.3, 0.4) is 0 Å². The predicted octanol–water partition coefficient (Wildman–Crippen LogP) is 2.27. The van der Waals surface area contributed by atoms with Crippen molar-refractivity contribution in [2.45, 2.75) is 38.9 Å². The van der Waals surface area contributed by atoms with Gasteiger partial charge < -0.3 is 15.1 Å². The minimum Gasteiger partial charge on any atom is -0.366 e. The van der Waals surface area contributed by atoms with Crippen LogP contribution in [0.2, 0.25) is 0 Å². The molecule has 7 nitrogen and oxygen atoms in total. The average Bonchev–Trinajstić information content (AvgIpc) is 2.34. The molecule has 1 aliphatic heterocycles. The summed E-state index contributed by atoms with van der Waals surface area (Å²) in [5, 5.41) is 11.1. The number of nitrogens with two attached hydrogens (primary N) is 1. The van der Waals surface area contributed by atoms with Crippen molar-refractivity contribution in [3.63, 3.8) is 0 Å². The topological polar surface area (TPSA) is 93.7 Å². The van der Waals surface area contributed by atoms with E-state index in [-0.39, 0.29) is 16.9 Å². The van der Waals surface area contributed by atoms with Crippen LogP contribution in [0.25, 0.3) is 0 Å². The molecule has 1 heterocycles. The highest BCUT2D eigenvalue weighted by molar-refractivity contribution is 5.64. The lowest BCUT2D eigenvalue weighted by Gasteiger charge is -2.48. The molecule has 0 aromatic heterocycles. The highest BCUT2D eigenvalue weighted by Crippen LogP contribution is 2.34. The number of non-ortho nitro benzene ring substituents is 1. The van der Waals surface area contributed by atoms with E-state index < -0.39 is 4.92 Å². The molecule has 0 radical (unpaired) electrons. The number of nitrogens with zero attached hydrogens (tertiary/aromatic N) is 2. The second-order valence-electron chi connectivity index (χ2n) is 6.62. The molecule has 3 N–H and O–H groups in total. The number of nitro benzene ring substituents is 1. The third-order valence-corrected chi connectivity index (χ3v) is 3.34. The Morgan fingerprint density at radius 1 is 1.24 bits per heavy atom. The van der Waals surface area contributed by atoms with E-state index in [0.717, 1.165) is 5.69 Å². The van der Waals surface area contributed by atoms with Crippen molar-refractivity contribution in [2.75, 3.05) is 23.4 Å². The summed E-state index contributed by atoms with van der Waals surface area (Å²) in [7, 11) is 0. The number of hydrogen-bond acceptors (Lipinski definition) is 6. The predicted molar refractivity (Wildman–Crippen MR) is 82.4 cm³/mol. The first kappa shape index (κ1) is 15.5. The molecular formula is C14H22N4O3. The first-order valence-electron chi connectivity index (χ1n) is 6.83. The summed E-state index contributed by atoms with van der Waals surface area (Å²) >= 11 is 0. The molecule has 21 heavy (non-hydrogen) atoms. The lowest BCUT2D eigenvalue weighted by atomic mass is 9.98. The molecule has 0 saturated carbocycles. The van der Waals surface area contributed by atoms with Crippen LogP contribution in [0.5, 0.6) is 0 Å². The van der Waals surface area contributed by atoms with Gasteiger partial charge in [-0.3, -0.25) is 16.0 Å². The number of benzene rings is 1. The first-order valence-corrected chi connectivity index (χ1v) is 6.83. The third-order valence-electron chi connectivity index (χ3n) is 3.34. The van der Waals surface area contributed by atoms with Crippen molar-refractivity contribution in [2.24, 2.45) is 5.84 Å². The maximum absolute atomic E-state index is 11.1. The Morgan fingerprint density at radius 3 is 2.29 bits per heavy atom. The van der Waals surface area contributed by atoms with Crippen molar-refractivity contribution in [3.05, 3.63) is 28.3 Å². The average molecular weight is 294 g/mol. The lowest BCUT2D eigenvalue weighted by Crippen LogP contribution is -2.57. The molecular weight excluding hydrogens is 272 g/mol. The van der Waals surface area contributed by atoms with Crippen LogP contribution < -0.4 is 16.2 Å². The van der Waals surface area contributed by atoms with Crippen LogP contribution in [0.4, 0.5) is 17.1 Å². The summed E-state index contributed by atoms with van der Waals surface area (Å²) < 4.78 is 6.03. The largest absolute Gasteiger partial charge is 0.366 e. The number of hydrazine groups is 1. The number of anilines is 2. The molecule has 7 heteroatoms. The molecule has 0 bridgehead atoms. The standard InChI is InChI=1S/C14H22N4O3/c1-13(2)8-17(9-14(3,4)21-13)11-5-10(16-15)6-12(7-11)18(19)20/h5-7,16H,8-9,15H2,1-4H3. The summed E-state index contributed by atoms with van der Waals surface area (Å²) in [6, 6.07) is 4.79. The van der Waals surface area contributed by atoms with Crippen LogP contribution in [-0.4, -0.2) is 29.2 Å². The maximum Gasteiger partial charge on any atom is 0.273 e. The summed E-state index contributed by atoms with van der Waals surface area (Å²) in [5.41, 5.74) is 3.12. The van der Waals surface area contributed by atoms with Gasteiger partial charge in [0, 0.05) is 30.9 Å². The molecule has 0 amide bonds. The van der Waals surface area contributed by atoms with Crippen LogP contribution in [0.15, 0.2) is 18.2 Å². The molecule has 0 aliphatic carbocycles. The highest BCUT2D eigenvalue weighted by atomic mass is 16.6. The summed E-state index contributed by atoms with van der Waals surface area (Å²) in [4.78, 5) is 12.7. The van der Waals surface area contributed by atoms with Gasteiger partial charge in [0.15, 0.2) is 0 Å². The van der Waals surface area contributed by atoms with E-state index >= 15 is 0 Å². The minimum atomic E-state index is -0.416. The van der Waals surface area contributed by atoms with Crippen LogP contribution in [-0.2, 0) is 4.74 Å². The van der Waals surface area contributed by atoms with E-state index in [1.54, 1.807) is 6.07 Å². The Hall–Kier alpha value is -1.86. The first-order chi connectivity index (χ1) is 9.62. The molecule has 1 saturated heterocycles. The molecule has 1 aliphatic rings. The van der Waals surface area contributed by atoms with Gasteiger partial charge in [-0.05, 0) is 33.8 Å². The van der Waals surface area contributed by atoms with Crippen LogP contribution in [0.1, 0.15) is 27.7 Å². The van der Waals surface area contributed by atoms with Gasteiger partial charge in [-0.15, -0.1) is 0 Å².